The van der Waals surface area contributed by atoms with E-state index in [1.54, 1.807) is 11.8 Å². The second-order valence-electron chi connectivity index (χ2n) is 8.32. The van der Waals surface area contributed by atoms with Crippen molar-refractivity contribution in [2.45, 2.75) is 10.6 Å². The van der Waals surface area contributed by atoms with Crippen LogP contribution in [0.3, 0.4) is 0 Å². The molecule has 0 saturated carbocycles. The van der Waals surface area contributed by atoms with Gasteiger partial charge in [-0.15, -0.1) is 11.8 Å². The standard InChI is InChI=1S/C29H29N3S/c1-33-28-19-11-18-27(30-28)31-20-22-32(23-21-31)29(24-12-5-2-6-13-24,25-14-7-3-8-15-25)26-16-9-4-10-17-26/h2-19H,20-23H2,1H3. The number of hydrogen-bond donors (Lipinski definition) is 0. The molecule has 1 aromatic heterocycles. The molecule has 1 aliphatic rings. The molecule has 0 atom stereocenters. The molecule has 0 N–H and O–H groups in total. The summed E-state index contributed by atoms with van der Waals surface area (Å²) in [7, 11) is 0. The topological polar surface area (TPSA) is 19.4 Å². The quantitative estimate of drug-likeness (QED) is 0.268. The molecule has 4 heteroatoms. The molecule has 0 amide bonds. The summed E-state index contributed by atoms with van der Waals surface area (Å²) in [6.07, 6.45) is 2.08. The Kier molecular flexibility index (Phi) is 6.47. The third-order valence-electron chi connectivity index (χ3n) is 6.57. The van der Waals surface area contributed by atoms with Gasteiger partial charge in [-0.3, -0.25) is 4.90 Å². The van der Waals surface area contributed by atoms with Crippen LogP contribution in [0.1, 0.15) is 16.7 Å². The Morgan fingerprint density at radius 3 is 1.55 bits per heavy atom. The average Bonchev–Trinajstić information content (AvgIpc) is 2.91. The Morgan fingerprint density at radius 1 is 0.606 bits per heavy atom. The van der Waals surface area contributed by atoms with Gasteiger partial charge in [0.15, 0.2) is 0 Å². The highest BCUT2D eigenvalue weighted by atomic mass is 32.2. The Morgan fingerprint density at radius 2 is 1.09 bits per heavy atom. The summed E-state index contributed by atoms with van der Waals surface area (Å²) in [4.78, 5) is 9.92. The molecule has 0 spiro atoms. The van der Waals surface area contributed by atoms with Crippen LogP contribution in [0.4, 0.5) is 5.82 Å². The highest BCUT2D eigenvalue weighted by Gasteiger charge is 2.43. The first kappa shape index (κ1) is 21.7. The molecule has 5 rings (SSSR count). The fourth-order valence-corrected chi connectivity index (χ4v) is 5.45. The van der Waals surface area contributed by atoms with Gasteiger partial charge >= 0.3 is 0 Å². The van der Waals surface area contributed by atoms with Gasteiger partial charge in [0.05, 0.1) is 10.6 Å². The van der Waals surface area contributed by atoms with E-state index in [1.807, 2.05) is 0 Å². The summed E-state index contributed by atoms with van der Waals surface area (Å²) in [5.74, 6) is 1.08. The van der Waals surface area contributed by atoms with Gasteiger partial charge in [0.1, 0.15) is 5.82 Å². The molecule has 2 heterocycles. The molecule has 3 aromatic carbocycles. The monoisotopic (exact) mass is 451 g/mol. The Balaban J connectivity index is 1.57. The molecule has 1 saturated heterocycles. The number of benzene rings is 3. The van der Waals surface area contributed by atoms with Crippen LogP contribution in [0.5, 0.6) is 0 Å². The summed E-state index contributed by atoms with van der Waals surface area (Å²) in [5.41, 5.74) is 3.57. The molecule has 33 heavy (non-hydrogen) atoms. The molecule has 0 aliphatic carbocycles. The maximum absolute atomic E-state index is 4.85. The van der Waals surface area contributed by atoms with Crippen molar-refractivity contribution < 1.29 is 0 Å². The number of aromatic nitrogens is 1. The van der Waals surface area contributed by atoms with Crippen molar-refractivity contribution in [1.29, 1.82) is 0 Å². The van der Waals surface area contributed by atoms with E-state index in [0.29, 0.717) is 0 Å². The molecule has 0 bridgehead atoms. The highest BCUT2D eigenvalue weighted by molar-refractivity contribution is 7.98. The molecule has 4 aromatic rings. The van der Waals surface area contributed by atoms with Crippen molar-refractivity contribution in [3.63, 3.8) is 0 Å². The van der Waals surface area contributed by atoms with Crippen LogP contribution >= 0.6 is 11.8 Å². The van der Waals surface area contributed by atoms with Crippen molar-refractivity contribution >= 4 is 17.6 Å². The number of nitrogens with zero attached hydrogens (tertiary/aromatic N) is 3. The van der Waals surface area contributed by atoms with Gasteiger partial charge in [-0.1, -0.05) is 97.1 Å². The minimum atomic E-state index is -0.343. The summed E-state index contributed by atoms with van der Waals surface area (Å²) < 4.78 is 0. The van der Waals surface area contributed by atoms with Crippen LogP contribution in [0.2, 0.25) is 0 Å². The highest BCUT2D eigenvalue weighted by Crippen LogP contribution is 2.43. The Labute approximate surface area is 201 Å². The molecular weight excluding hydrogens is 422 g/mol. The lowest BCUT2D eigenvalue weighted by Gasteiger charge is -2.49. The van der Waals surface area contributed by atoms with Gasteiger partial charge in [-0.25, -0.2) is 4.98 Å². The van der Waals surface area contributed by atoms with Gasteiger partial charge < -0.3 is 4.90 Å². The van der Waals surface area contributed by atoms with Crippen LogP contribution in [-0.2, 0) is 5.54 Å². The molecule has 166 valence electrons. The Hall–Kier alpha value is -3.08. The number of thioether (sulfide) groups is 1. The Bertz CT molecular complexity index is 1060. The first-order valence-corrected chi connectivity index (χ1v) is 12.7. The van der Waals surface area contributed by atoms with Gasteiger partial charge in [0, 0.05) is 26.2 Å². The maximum atomic E-state index is 4.85. The predicted molar refractivity (Wildman–Crippen MR) is 139 cm³/mol. The van der Waals surface area contributed by atoms with Crippen LogP contribution in [0, 0.1) is 0 Å². The number of hydrogen-bond acceptors (Lipinski definition) is 4. The SMILES string of the molecule is CSc1cccc(N2CCN(C(c3ccccc3)(c3ccccc3)c3ccccc3)CC2)n1. The zero-order chi connectivity index (χ0) is 22.5. The first-order valence-electron chi connectivity index (χ1n) is 11.5. The van der Waals surface area contributed by atoms with E-state index in [0.717, 1.165) is 37.0 Å². The molecular formula is C29H29N3S. The van der Waals surface area contributed by atoms with Gasteiger partial charge in [-0.05, 0) is 35.1 Å². The first-order chi connectivity index (χ1) is 16.3. The summed E-state index contributed by atoms with van der Waals surface area (Å²) >= 11 is 1.70. The molecule has 1 fully saturated rings. The third kappa shape index (κ3) is 4.17. The summed E-state index contributed by atoms with van der Waals surface area (Å²) in [6.45, 7) is 3.78. The van der Waals surface area contributed by atoms with Crippen molar-refractivity contribution in [3.8, 4) is 0 Å². The number of anilines is 1. The van der Waals surface area contributed by atoms with Crippen LogP contribution < -0.4 is 4.90 Å². The molecule has 1 aliphatic heterocycles. The summed E-state index contributed by atoms with van der Waals surface area (Å²) in [6, 6.07) is 39.2. The van der Waals surface area contributed by atoms with Crippen LogP contribution in [-0.4, -0.2) is 42.3 Å². The number of piperazine rings is 1. The van der Waals surface area contributed by atoms with Crippen molar-refractivity contribution in [2.75, 3.05) is 37.3 Å². The van der Waals surface area contributed by atoms with E-state index in [9.17, 15) is 0 Å². The van der Waals surface area contributed by atoms with E-state index >= 15 is 0 Å². The fraction of sp³-hybridized carbons (Fsp3) is 0.207. The lowest BCUT2D eigenvalue weighted by atomic mass is 9.75. The van der Waals surface area contributed by atoms with Gasteiger partial charge in [-0.2, -0.15) is 0 Å². The number of rotatable bonds is 6. The lowest BCUT2D eigenvalue weighted by molar-refractivity contribution is 0.147. The fourth-order valence-electron chi connectivity index (χ4n) is 5.05. The van der Waals surface area contributed by atoms with E-state index in [-0.39, 0.29) is 5.54 Å². The third-order valence-corrected chi connectivity index (χ3v) is 7.22. The number of pyridine rings is 1. The van der Waals surface area contributed by atoms with Crippen LogP contribution in [0.25, 0.3) is 0 Å². The van der Waals surface area contributed by atoms with Crippen molar-refractivity contribution in [1.82, 2.24) is 9.88 Å². The zero-order valence-electron chi connectivity index (χ0n) is 19.0. The van der Waals surface area contributed by atoms with E-state index in [2.05, 4.69) is 125 Å². The maximum Gasteiger partial charge on any atom is 0.129 e. The zero-order valence-corrected chi connectivity index (χ0v) is 19.8. The van der Waals surface area contributed by atoms with Gasteiger partial charge in [0.2, 0.25) is 0 Å². The van der Waals surface area contributed by atoms with E-state index in [4.69, 9.17) is 4.98 Å². The smallest absolute Gasteiger partial charge is 0.129 e. The van der Waals surface area contributed by atoms with E-state index in [1.165, 1.54) is 16.7 Å². The second-order valence-corrected chi connectivity index (χ2v) is 9.15. The predicted octanol–water partition coefficient (Wildman–Crippen LogP) is 5.92. The van der Waals surface area contributed by atoms with Crippen molar-refractivity contribution in [3.05, 3.63) is 126 Å². The normalized spacial score (nSPS) is 14.9. The minimum Gasteiger partial charge on any atom is -0.354 e. The molecule has 0 radical (unpaired) electrons. The minimum absolute atomic E-state index is 0.343. The molecule has 0 unspecified atom stereocenters. The largest absolute Gasteiger partial charge is 0.354 e. The second kappa shape index (κ2) is 9.82. The average molecular weight is 452 g/mol. The van der Waals surface area contributed by atoms with Gasteiger partial charge in [0.25, 0.3) is 0 Å². The van der Waals surface area contributed by atoms with E-state index < -0.39 is 0 Å². The van der Waals surface area contributed by atoms with Crippen molar-refractivity contribution in [2.24, 2.45) is 0 Å². The summed E-state index contributed by atoms with van der Waals surface area (Å²) in [5, 5.41) is 1.07. The molecule has 3 nitrogen and oxygen atoms in total. The lowest BCUT2D eigenvalue weighted by Crippen LogP contribution is -2.56. The van der Waals surface area contributed by atoms with Crippen LogP contribution in [0.15, 0.2) is 114 Å².